The fourth-order valence-corrected chi connectivity index (χ4v) is 1.11. The van der Waals surface area contributed by atoms with Crippen LogP contribution in [0.2, 0.25) is 0 Å². The molecular formula is C9H9NO2S. The summed E-state index contributed by atoms with van der Waals surface area (Å²) in [4.78, 5) is 14.9. The van der Waals surface area contributed by atoms with E-state index in [1.54, 1.807) is 18.3 Å². The summed E-state index contributed by atoms with van der Waals surface area (Å²) < 4.78 is 4.53. The molecule has 1 heterocycles. The van der Waals surface area contributed by atoms with Gasteiger partial charge in [-0.25, -0.2) is 4.98 Å². The van der Waals surface area contributed by atoms with E-state index in [0.717, 1.165) is 5.56 Å². The number of hydrogen-bond donors (Lipinski definition) is 1. The second kappa shape index (κ2) is 4.60. The molecule has 3 nitrogen and oxygen atoms in total. The van der Waals surface area contributed by atoms with Gasteiger partial charge in [0.1, 0.15) is 5.69 Å². The summed E-state index contributed by atoms with van der Waals surface area (Å²) in [5.74, 6) is -0.294. The van der Waals surface area contributed by atoms with Gasteiger partial charge in [0.05, 0.1) is 13.5 Å². The van der Waals surface area contributed by atoms with E-state index in [4.69, 9.17) is 0 Å². The van der Waals surface area contributed by atoms with Gasteiger partial charge in [-0.15, -0.1) is 12.0 Å². The summed E-state index contributed by atoms with van der Waals surface area (Å²) in [6.07, 6.45) is 1.83. The Kier molecular flexibility index (Phi) is 3.43. The highest BCUT2D eigenvalue weighted by molar-refractivity contribution is 7.69. The normalized spacial score (nSPS) is 9.00. The maximum Gasteiger partial charge on any atom is 0.310 e. The van der Waals surface area contributed by atoms with Crippen LogP contribution in [0.1, 0.15) is 11.3 Å². The van der Waals surface area contributed by atoms with Gasteiger partial charge >= 0.3 is 5.97 Å². The van der Waals surface area contributed by atoms with E-state index in [9.17, 15) is 4.79 Å². The molecule has 0 aromatic carbocycles. The van der Waals surface area contributed by atoms with E-state index in [1.807, 2.05) is 0 Å². The molecular weight excluding hydrogens is 186 g/mol. The van der Waals surface area contributed by atoms with Crippen molar-refractivity contribution in [3.05, 3.63) is 29.6 Å². The highest BCUT2D eigenvalue weighted by Gasteiger charge is 2.06. The Morgan fingerprint density at radius 2 is 2.54 bits per heavy atom. The van der Waals surface area contributed by atoms with Gasteiger partial charge in [0.25, 0.3) is 0 Å². The average Bonchev–Trinajstić information content (AvgIpc) is 2.18. The standard InChI is InChI=1S/C9H9NO2S/c1-12-9(11)5-7-3-2-4-10-8(7)6-13/h2-4,13H,5H2,1H3. The molecule has 0 saturated carbocycles. The molecule has 0 fully saturated rings. The molecule has 68 valence electrons. The molecule has 0 saturated heterocycles. The second-order valence-electron chi connectivity index (χ2n) is 2.38. The Morgan fingerprint density at radius 1 is 1.77 bits per heavy atom. The van der Waals surface area contributed by atoms with Crippen molar-refractivity contribution in [1.29, 1.82) is 0 Å². The number of hydrogen-bond acceptors (Lipinski definition) is 3. The lowest BCUT2D eigenvalue weighted by molar-refractivity contribution is -0.139. The minimum absolute atomic E-state index is 0.202. The summed E-state index contributed by atoms with van der Waals surface area (Å²) >= 11 is 3.87. The molecule has 0 aliphatic carbocycles. The zero-order chi connectivity index (χ0) is 9.68. The van der Waals surface area contributed by atoms with Crippen molar-refractivity contribution < 1.29 is 9.53 Å². The van der Waals surface area contributed by atoms with Crippen LogP contribution in [0.3, 0.4) is 0 Å². The van der Waals surface area contributed by atoms with E-state index in [0.29, 0.717) is 5.69 Å². The van der Waals surface area contributed by atoms with E-state index in [2.05, 4.69) is 26.9 Å². The number of nitrogens with zero attached hydrogens (tertiary/aromatic N) is 1. The SMILES string of the molecule is COC(=O)Cc1cccnc1C#[SH]. The summed E-state index contributed by atoms with van der Waals surface area (Å²) in [6.45, 7) is 0. The first-order valence-electron chi connectivity index (χ1n) is 3.68. The quantitative estimate of drug-likeness (QED) is 0.566. The Hall–Kier alpha value is -1.38. The van der Waals surface area contributed by atoms with E-state index < -0.39 is 0 Å². The molecule has 0 aliphatic rings. The molecule has 4 heteroatoms. The largest absolute Gasteiger partial charge is 0.469 e. The fourth-order valence-electron chi connectivity index (χ4n) is 0.910. The van der Waals surface area contributed by atoms with Gasteiger partial charge in [0.15, 0.2) is 0 Å². The topological polar surface area (TPSA) is 39.2 Å². The average molecular weight is 195 g/mol. The van der Waals surface area contributed by atoms with Crippen LogP contribution in [0.15, 0.2) is 18.3 Å². The highest BCUT2D eigenvalue weighted by atomic mass is 32.1. The highest BCUT2D eigenvalue weighted by Crippen LogP contribution is 2.05. The van der Waals surface area contributed by atoms with Crippen molar-refractivity contribution in [2.45, 2.75) is 6.42 Å². The molecule has 0 spiro atoms. The summed E-state index contributed by atoms with van der Waals surface area (Å²) in [6, 6.07) is 3.55. The van der Waals surface area contributed by atoms with Crippen LogP contribution in [0.5, 0.6) is 0 Å². The molecule has 0 aliphatic heterocycles. The number of rotatable bonds is 2. The summed E-state index contributed by atoms with van der Waals surface area (Å²) in [5, 5.41) is 2.60. The number of aromatic nitrogens is 1. The van der Waals surface area contributed by atoms with Gasteiger partial charge in [-0.1, -0.05) is 6.07 Å². The Morgan fingerprint density at radius 3 is 3.15 bits per heavy atom. The van der Waals surface area contributed by atoms with Crippen LogP contribution < -0.4 is 0 Å². The minimum Gasteiger partial charge on any atom is -0.469 e. The number of carbonyl (C=O) groups excluding carboxylic acids is 1. The smallest absolute Gasteiger partial charge is 0.310 e. The number of esters is 1. The van der Waals surface area contributed by atoms with Crippen LogP contribution >= 0.6 is 12.0 Å². The van der Waals surface area contributed by atoms with Crippen LogP contribution in [-0.4, -0.2) is 18.1 Å². The number of methoxy groups -OCH3 is 1. The van der Waals surface area contributed by atoms with E-state index in [-0.39, 0.29) is 12.4 Å². The predicted molar refractivity (Wildman–Crippen MR) is 51.9 cm³/mol. The monoisotopic (exact) mass is 195 g/mol. The molecule has 0 atom stereocenters. The first kappa shape index (κ1) is 9.71. The zero-order valence-corrected chi connectivity index (χ0v) is 8.04. The van der Waals surface area contributed by atoms with Crippen molar-refractivity contribution in [1.82, 2.24) is 4.98 Å². The van der Waals surface area contributed by atoms with E-state index >= 15 is 0 Å². The maximum absolute atomic E-state index is 10.9. The molecule has 1 aromatic heterocycles. The van der Waals surface area contributed by atoms with Crippen molar-refractivity contribution >= 4 is 18.0 Å². The maximum atomic E-state index is 10.9. The first-order valence-corrected chi connectivity index (χ1v) is 4.13. The Bertz CT molecular complexity index is 357. The lowest BCUT2D eigenvalue weighted by atomic mass is 10.1. The minimum atomic E-state index is -0.294. The van der Waals surface area contributed by atoms with Gasteiger partial charge < -0.3 is 4.74 Å². The van der Waals surface area contributed by atoms with Crippen LogP contribution in [0.25, 0.3) is 0 Å². The summed E-state index contributed by atoms with van der Waals surface area (Å²) in [5.41, 5.74) is 1.35. The number of ether oxygens (including phenoxy) is 1. The van der Waals surface area contributed by atoms with Crippen LogP contribution in [0.4, 0.5) is 0 Å². The van der Waals surface area contributed by atoms with Gasteiger partial charge in [0, 0.05) is 6.20 Å². The van der Waals surface area contributed by atoms with Gasteiger partial charge in [-0.3, -0.25) is 4.79 Å². The van der Waals surface area contributed by atoms with Crippen molar-refractivity contribution in [3.8, 4) is 5.18 Å². The number of carbonyl (C=O) groups is 1. The van der Waals surface area contributed by atoms with Gasteiger partial charge in [0.2, 0.25) is 0 Å². The third kappa shape index (κ3) is 2.54. The van der Waals surface area contributed by atoms with Crippen LogP contribution in [0, 0.1) is 5.18 Å². The third-order valence-electron chi connectivity index (χ3n) is 1.56. The molecule has 1 aromatic rings. The third-order valence-corrected chi connectivity index (χ3v) is 1.77. The van der Waals surface area contributed by atoms with Crippen molar-refractivity contribution in [2.75, 3.05) is 7.11 Å². The second-order valence-corrected chi connectivity index (χ2v) is 2.60. The van der Waals surface area contributed by atoms with Gasteiger partial charge in [-0.2, -0.15) is 0 Å². The fraction of sp³-hybridized carbons (Fsp3) is 0.222. The van der Waals surface area contributed by atoms with Crippen molar-refractivity contribution in [3.63, 3.8) is 0 Å². The molecule has 0 radical (unpaired) electrons. The number of thiol groups is 1. The molecule has 13 heavy (non-hydrogen) atoms. The number of pyridine rings is 1. The first-order chi connectivity index (χ1) is 6.27. The summed E-state index contributed by atoms with van der Waals surface area (Å²) in [7, 11) is 1.35. The molecule has 0 N–H and O–H groups in total. The molecule has 1 rings (SSSR count). The lowest BCUT2D eigenvalue weighted by Gasteiger charge is -2.01. The van der Waals surface area contributed by atoms with E-state index in [1.165, 1.54) is 7.11 Å². The van der Waals surface area contributed by atoms with Crippen molar-refractivity contribution in [2.24, 2.45) is 0 Å². The Labute approximate surface area is 81.4 Å². The Balaban J connectivity index is 2.89. The lowest BCUT2D eigenvalue weighted by Crippen LogP contribution is -2.06. The van der Waals surface area contributed by atoms with Gasteiger partial charge in [-0.05, 0) is 16.8 Å². The predicted octanol–water partition coefficient (Wildman–Crippen LogP) is 1.03. The van der Waals surface area contributed by atoms with Crippen LogP contribution in [-0.2, 0) is 16.0 Å². The molecule has 0 unspecified atom stereocenters. The molecule has 0 bridgehead atoms. The molecule has 0 amide bonds. The zero-order valence-electron chi connectivity index (χ0n) is 7.15.